The Morgan fingerprint density at radius 2 is 2.21 bits per heavy atom. The lowest BCUT2D eigenvalue weighted by Gasteiger charge is -2.25. The highest BCUT2D eigenvalue weighted by molar-refractivity contribution is 6.34. The molecule has 0 atom stereocenters. The molecule has 0 aromatic heterocycles. The van der Waals surface area contributed by atoms with Crippen LogP contribution in [-0.2, 0) is 0 Å². The first-order chi connectivity index (χ1) is 9.08. The van der Waals surface area contributed by atoms with Gasteiger partial charge in [-0.25, -0.2) is 0 Å². The van der Waals surface area contributed by atoms with Gasteiger partial charge >= 0.3 is 0 Å². The Hall–Kier alpha value is -1.62. The molecule has 19 heavy (non-hydrogen) atoms. The van der Waals surface area contributed by atoms with E-state index in [9.17, 15) is 14.9 Å². The van der Waals surface area contributed by atoms with E-state index < -0.39 is 4.92 Å². The van der Waals surface area contributed by atoms with Crippen LogP contribution < -0.4 is 5.32 Å². The lowest BCUT2D eigenvalue weighted by molar-refractivity contribution is -0.384. The summed E-state index contributed by atoms with van der Waals surface area (Å²) in [5.41, 5.74) is 0.164. The fourth-order valence-electron chi connectivity index (χ4n) is 2.07. The number of nitro benzene ring substituents is 1. The zero-order valence-electron chi connectivity index (χ0n) is 10.4. The van der Waals surface area contributed by atoms with Crippen molar-refractivity contribution >= 4 is 23.2 Å². The number of carbonyl (C=O) groups excluding carboxylic acids is 1. The number of carbonyl (C=O) groups is 1. The second-order valence-electron chi connectivity index (χ2n) is 4.76. The quantitative estimate of drug-likeness (QED) is 0.666. The summed E-state index contributed by atoms with van der Waals surface area (Å²) in [6, 6.07) is 3.87. The van der Waals surface area contributed by atoms with Crippen LogP contribution in [0.2, 0.25) is 5.02 Å². The van der Waals surface area contributed by atoms with E-state index in [4.69, 9.17) is 11.6 Å². The number of non-ortho nitro benzene ring substituents is 1. The molecule has 0 saturated heterocycles. The van der Waals surface area contributed by atoms with Crippen LogP contribution in [0.3, 0.4) is 0 Å². The molecule has 0 heterocycles. The van der Waals surface area contributed by atoms with Crippen molar-refractivity contribution in [3.8, 4) is 0 Å². The van der Waals surface area contributed by atoms with Crippen molar-refractivity contribution in [3.05, 3.63) is 38.9 Å². The molecule has 1 aliphatic rings. The highest BCUT2D eigenvalue weighted by Gasteiger charge is 2.18. The molecule has 0 unspecified atom stereocenters. The lowest BCUT2D eigenvalue weighted by atomic mass is 9.83. The molecule has 1 aromatic carbocycles. The molecule has 5 nitrogen and oxygen atoms in total. The number of nitro groups is 1. The zero-order valence-corrected chi connectivity index (χ0v) is 11.2. The van der Waals surface area contributed by atoms with Crippen molar-refractivity contribution in [2.24, 2.45) is 5.92 Å². The second-order valence-corrected chi connectivity index (χ2v) is 5.17. The van der Waals surface area contributed by atoms with E-state index in [2.05, 4.69) is 5.32 Å². The third kappa shape index (κ3) is 3.44. The molecule has 0 radical (unpaired) electrons. The first-order valence-electron chi connectivity index (χ1n) is 6.30. The first kappa shape index (κ1) is 13.8. The van der Waals surface area contributed by atoms with Gasteiger partial charge in [-0.1, -0.05) is 30.9 Å². The third-order valence-electron chi connectivity index (χ3n) is 3.47. The summed E-state index contributed by atoms with van der Waals surface area (Å²) in [6.45, 7) is 0.622. The maximum absolute atomic E-state index is 11.9. The Labute approximate surface area is 116 Å². The average molecular weight is 283 g/mol. The lowest BCUT2D eigenvalue weighted by Crippen LogP contribution is -2.27. The van der Waals surface area contributed by atoms with Crippen molar-refractivity contribution in [3.63, 3.8) is 0 Å². The van der Waals surface area contributed by atoms with Crippen LogP contribution in [0.1, 0.15) is 36.0 Å². The van der Waals surface area contributed by atoms with Crippen molar-refractivity contribution in [2.45, 2.75) is 25.7 Å². The normalized spacial score (nSPS) is 14.8. The van der Waals surface area contributed by atoms with Crippen LogP contribution in [0.25, 0.3) is 0 Å². The minimum atomic E-state index is -0.538. The highest BCUT2D eigenvalue weighted by atomic mass is 35.5. The standard InChI is InChI=1S/C13H15ClN2O3/c14-12-8-10(16(18)19)4-5-11(12)13(17)15-7-6-9-2-1-3-9/h4-5,8-9H,1-3,6-7H2,(H,15,17). The maximum Gasteiger partial charge on any atom is 0.270 e. The van der Waals surface area contributed by atoms with Gasteiger partial charge in [-0.3, -0.25) is 14.9 Å². The van der Waals surface area contributed by atoms with Gasteiger partial charge in [-0.05, 0) is 18.4 Å². The monoisotopic (exact) mass is 282 g/mol. The number of nitrogens with one attached hydrogen (secondary N) is 1. The Balaban J connectivity index is 1.92. The van der Waals surface area contributed by atoms with E-state index in [1.807, 2.05) is 0 Å². The number of benzene rings is 1. The van der Waals surface area contributed by atoms with Crippen LogP contribution in [0.4, 0.5) is 5.69 Å². The number of nitrogens with zero attached hydrogens (tertiary/aromatic N) is 1. The fourth-order valence-corrected chi connectivity index (χ4v) is 2.33. The third-order valence-corrected chi connectivity index (χ3v) is 3.78. The van der Waals surface area contributed by atoms with E-state index in [-0.39, 0.29) is 22.2 Å². The topological polar surface area (TPSA) is 72.2 Å². The number of halogens is 1. The maximum atomic E-state index is 11.9. The molecule has 0 spiro atoms. The largest absolute Gasteiger partial charge is 0.352 e. The molecule has 1 saturated carbocycles. The summed E-state index contributed by atoms with van der Waals surface area (Å²) >= 11 is 5.88. The SMILES string of the molecule is O=C(NCCC1CCC1)c1ccc([N+](=O)[O-])cc1Cl. The Morgan fingerprint density at radius 1 is 1.47 bits per heavy atom. The van der Waals surface area contributed by atoms with Crippen molar-refractivity contribution in [1.82, 2.24) is 5.32 Å². The van der Waals surface area contributed by atoms with Crippen molar-refractivity contribution < 1.29 is 9.72 Å². The molecular formula is C13H15ClN2O3. The molecular weight excluding hydrogens is 268 g/mol. The Kier molecular flexibility index (Phi) is 4.37. The minimum Gasteiger partial charge on any atom is -0.352 e. The summed E-state index contributed by atoms with van der Waals surface area (Å²) < 4.78 is 0. The number of hydrogen-bond acceptors (Lipinski definition) is 3. The van der Waals surface area contributed by atoms with Crippen LogP contribution in [0.15, 0.2) is 18.2 Å². The molecule has 102 valence electrons. The molecule has 6 heteroatoms. The van der Waals surface area contributed by atoms with E-state index in [0.29, 0.717) is 6.54 Å². The second kappa shape index (κ2) is 6.02. The highest BCUT2D eigenvalue weighted by Crippen LogP contribution is 2.28. The number of amides is 1. The Bertz CT molecular complexity index is 501. The average Bonchev–Trinajstić information content (AvgIpc) is 2.31. The molecule has 2 rings (SSSR count). The van der Waals surface area contributed by atoms with Crippen molar-refractivity contribution in [2.75, 3.05) is 6.54 Å². The van der Waals surface area contributed by atoms with Gasteiger partial charge in [0.1, 0.15) is 0 Å². The van der Waals surface area contributed by atoms with Crippen LogP contribution >= 0.6 is 11.6 Å². The Morgan fingerprint density at radius 3 is 2.74 bits per heavy atom. The summed E-state index contributed by atoms with van der Waals surface area (Å²) in [5.74, 6) is 0.451. The molecule has 1 amide bonds. The van der Waals surface area contributed by atoms with Crippen LogP contribution in [0.5, 0.6) is 0 Å². The summed E-state index contributed by atoms with van der Waals surface area (Å²) in [4.78, 5) is 21.9. The van der Waals surface area contributed by atoms with Gasteiger partial charge in [0.2, 0.25) is 0 Å². The number of rotatable bonds is 5. The summed E-state index contributed by atoms with van der Waals surface area (Å²) in [5, 5.41) is 13.5. The zero-order chi connectivity index (χ0) is 13.8. The fraction of sp³-hybridized carbons (Fsp3) is 0.462. The van der Waals surface area contributed by atoms with Gasteiger partial charge in [-0.2, -0.15) is 0 Å². The van der Waals surface area contributed by atoms with Crippen molar-refractivity contribution in [1.29, 1.82) is 0 Å². The van der Waals surface area contributed by atoms with Gasteiger partial charge in [0.15, 0.2) is 0 Å². The van der Waals surface area contributed by atoms with E-state index in [1.165, 1.54) is 37.5 Å². The molecule has 1 fully saturated rings. The smallest absolute Gasteiger partial charge is 0.270 e. The summed E-state index contributed by atoms with van der Waals surface area (Å²) in [7, 11) is 0. The number of hydrogen-bond donors (Lipinski definition) is 1. The molecule has 1 aliphatic carbocycles. The predicted molar refractivity (Wildman–Crippen MR) is 72.4 cm³/mol. The van der Waals surface area contributed by atoms with Crippen LogP contribution in [-0.4, -0.2) is 17.4 Å². The molecule has 1 N–H and O–H groups in total. The van der Waals surface area contributed by atoms with Gasteiger partial charge in [0.05, 0.1) is 15.5 Å². The van der Waals surface area contributed by atoms with Gasteiger partial charge in [-0.15, -0.1) is 0 Å². The van der Waals surface area contributed by atoms with E-state index in [1.54, 1.807) is 0 Å². The summed E-state index contributed by atoms with van der Waals surface area (Å²) in [6.07, 6.45) is 4.76. The minimum absolute atomic E-state index is 0.107. The molecule has 1 aromatic rings. The van der Waals surface area contributed by atoms with Gasteiger partial charge < -0.3 is 5.32 Å². The molecule has 0 aliphatic heterocycles. The predicted octanol–water partition coefficient (Wildman–Crippen LogP) is 3.17. The first-order valence-corrected chi connectivity index (χ1v) is 6.68. The molecule has 0 bridgehead atoms. The van der Waals surface area contributed by atoms with Gasteiger partial charge in [0.25, 0.3) is 11.6 Å². The van der Waals surface area contributed by atoms with Gasteiger partial charge in [0, 0.05) is 18.7 Å². The van der Waals surface area contributed by atoms with E-state index in [0.717, 1.165) is 12.3 Å². The van der Waals surface area contributed by atoms with E-state index >= 15 is 0 Å². The van der Waals surface area contributed by atoms with Crippen LogP contribution in [0, 0.1) is 16.0 Å².